The van der Waals surface area contributed by atoms with E-state index in [9.17, 15) is 54.4 Å². The Balaban J connectivity index is 1.43. The topological polar surface area (TPSA) is 320 Å². The van der Waals surface area contributed by atoms with Crippen LogP contribution in [0.1, 0.15) is 6.92 Å². The molecule has 0 amide bonds. The summed E-state index contributed by atoms with van der Waals surface area (Å²) >= 11 is 0. The van der Waals surface area contributed by atoms with Crippen molar-refractivity contribution in [2.75, 3.05) is 26.9 Å². The van der Waals surface area contributed by atoms with E-state index < -0.39 is 134 Å². The molecule has 0 aromatic heterocycles. The van der Waals surface area contributed by atoms with E-state index in [0.29, 0.717) is 0 Å². The lowest BCUT2D eigenvalue weighted by Gasteiger charge is -2.48. The number of hydrogen-bond donors (Lipinski definition) is 10. The molecule has 4 fully saturated rings. The summed E-state index contributed by atoms with van der Waals surface area (Å²) < 4.78 is 78.4. The number of hydrogen-bond acceptors (Lipinski definition) is 20. The molecule has 0 bridgehead atoms. The van der Waals surface area contributed by atoms with Crippen molar-refractivity contribution in [1.29, 1.82) is 0 Å². The van der Waals surface area contributed by atoms with E-state index in [0.717, 1.165) is 0 Å². The smallest absolute Gasteiger partial charge is 0.394 e. The molecule has 4 rings (SSSR count). The molecule has 0 saturated carbocycles. The molecule has 4 aliphatic heterocycles. The van der Waals surface area contributed by atoms with Gasteiger partial charge >= 0.3 is 10.4 Å². The van der Waals surface area contributed by atoms with Gasteiger partial charge in [-0.15, -0.1) is 0 Å². The Labute approximate surface area is 256 Å². The minimum absolute atomic E-state index is 0.321. The largest absolute Gasteiger partial charge is 0.397 e. The zero-order valence-electron chi connectivity index (χ0n) is 23.9. The SMILES string of the molecule is CO[C@@H]1[C@@H](O)[C@H](O[C@@H]2[C@@H](O)[C@H](O[C@H]3[C@H](O)[C@@H](O)[C@H](O[C@@H]4[C@@H](O)[C@H](OS(=O)(=O)O)CO[C@H]4O)O[C@@H]3C)O[C@H](CO)[C@H]2O)OC[C@H]1O. The van der Waals surface area contributed by atoms with E-state index in [4.69, 9.17) is 42.4 Å². The van der Waals surface area contributed by atoms with E-state index in [-0.39, 0.29) is 6.61 Å². The van der Waals surface area contributed by atoms with E-state index in [1.165, 1.54) is 14.0 Å². The quantitative estimate of drug-likeness (QED) is 0.0956. The van der Waals surface area contributed by atoms with Gasteiger partial charge in [-0.2, -0.15) is 8.42 Å². The van der Waals surface area contributed by atoms with E-state index in [2.05, 4.69) is 4.18 Å². The maximum absolute atomic E-state index is 11.1. The molecule has 4 aliphatic rings. The molecule has 0 aromatic rings. The number of ether oxygens (including phenoxy) is 8. The summed E-state index contributed by atoms with van der Waals surface area (Å²) in [6.07, 6.45) is -29.4. The maximum Gasteiger partial charge on any atom is 0.397 e. The maximum atomic E-state index is 11.1. The van der Waals surface area contributed by atoms with Crippen molar-refractivity contribution < 1.29 is 101 Å². The highest BCUT2D eigenvalue weighted by Gasteiger charge is 2.54. The molecule has 21 nitrogen and oxygen atoms in total. The summed E-state index contributed by atoms with van der Waals surface area (Å²) in [6, 6.07) is 0. The molecule has 22 heteroatoms. The predicted octanol–water partition coefficient (Wildman–Crippen LogP) is -6.96. The molecular formula is C23H40O21S. The van der Waals surface area contributed by atoms with Crippen molar-refractivity contribution in [2.45, 2.75) is 118 Å². The molecule has 4 heterocycles. The van der Waals surface area contributed by atoms with Crippen LogP contribution >= 0.6 is 0 Å². The number of rotatable bonds is 10. The Hall–Kier alpha value is -0.810. The van der Waals surface area contributed by atoms with Crippen molar-refractivity contribution in [2.24, 2.45) is 0 Å². The standard InChI is InChI=1S/C23H40O21S/c1-6-16(12(28)13(29)22(39-6)43-19-11(27)9(5-37-20(19)32)44-45(33,34)35)41-23-15(31)18(10(26)8(3-24)40-23)42-21-14(30)17(36-2)7(25)4-38-21/h6-32H,3-5H2,1-2H3,(H,33,34,35)/t6-,7-,8-,9-,10-,11+,12-,13-,14-,15-,16-,17+,18+,19-,20-,21+,22+,23+/m1/s1. The number of aliphatic hydroxyl groups is 9. The van der Waals surface area contributed by atoms with Gasteiger partial charge in [0.2, 0.25) is 0 Å². The second-order valence-electron chi connectivity index (χ2n) is 10.9. The third-order valence-corrected chi connectivity index (χ3v) is 8.34. The van der Waals surface area contributed by atoms with Crippen LogP contribution in [0.15, 0.2) is 0 Å². The van der Waals surface area contributed by atoms with Crippen molar-refractivity contribution in [3.05, 3.63) is 0 Å². The van der Waals surface area contributed by atoms with Crippen LogP contribution in [0.5, 0.6) is 0 Å². The summed E-state index contributed by atoms with van der Waals surface area (Å²) in [5.74, 6) is 0. The van der Waals surface area contributed by atoms with Crippen molar-refractivity contribution in [3.63, 3.8) is 0 Å². The van der Waals surface area contributed by atoms with Gasteiger partial charge < -0.3 is 83.9 Å². The van der Waals surface area contributed by atoms with Crippen LogP contribution in [0, 0.1) is 0 Å². The lowest BCUT2D eigenvalue weighted by atomic mass is 9.96. The molecule has 4 saturated heterocycles. The van der Waals surface area contributed by atoms with Crippen LogP contribution in [-0.4, -0.2) is 196 Å². The third-order valence-electron chi connectivity index (χ3n) is 7.85. The van der Waals surface area contributed by atoms with Crippen molar-refractivity contribution >= 4 is 10.4 Å². The van der Waals surface area contributed by atoms with Gasteiger partial charge in [0, 0.05) is 7.11 Å². The first kappa shape index (κ1) is 37.0. The fourth-order valence-corrected chi connectivity index (χ4v) is 5.92. The van der Waals surface area contributed by atoms with Crippen LogP contribution in [0.25, 0.3) is 0 Å². The third kappa shape index (κ3) is 8.26. The second kappa shape index (κ2) is 15.2. The van der Waals surface area contributed by atoms with Gasteiger partial charge in [-0.05, 0) is 6.92 Å². The first-order valence-electron chi connectivity index (χ1n) is 13.8. The Bertz CT molecular complexity index is 1050. The van der Waals surface area contributed by atoms with Gasteiger partial charge in [-0.3, -0.25) is 4.55 Å². The van der Waals surface area contributed by atoms with Crippen LogP contribution in [-0.2, 0) is 52.5 Å². The normalized spacial score (nSPS) is 50.0. The molecule has 0 unspecified atom stereocenters. The number of aliphatic hydroxyl groups excluding tert-OH is 9. The van der Waals surface area contributed by atoms with Gasteiger partial charge in [0.05, 0.1) is 25.9 Å². The van der Waals surface area contributed by atoms with Crippen molar-refractivity contribution in [1.82, 2.24) is 0 Å². The van der Waals surface area contributed by atoms with Crippen LogP contribution in [0.3, 0.4) is 0 Å². The fourth-order valence-electron chi connectivity index (χ4n) is 5.44. The van der Waals surface area contributed by atoms with Gasteiger partial charge in [0.15, 0.2) is 25.2 Å². The van der Waals surface area contributed by atoms with E-state index in [1.54, 1.807) is 0 Å². The summed E-state index contributed by atoms with van der Waals surface area (Å²) in [6.45, 7) is -0.438. The van der Waals surface area contributed by atoms with Crippen molar-refractivity contribution in [3.8, 4) is 0 Å². The van der Waals surface area contributed by atoms with Gasteiger partial charge in [0.1, 0.15) is 79.4 Å². The Morgan fingerprint density at radius 2 is 1.29 bits per heavy atom. The fraction of sp³-hybridized carbons (Fsp3) is 1.00. The summed E-state index contributed by atoms with van der Waals surface area (Å²) in [5, 5.41) is 94.2. The second-order valence-corrected chi connectivity index (χ2v) is 12.0. The highest BCUT2D eigenvalue weighted by atomic mass is 32.3. The molecule has 0 aliphatic carbocycles. The Morgan fingerprint density at radius 1 is 0.689 bits per heavy atom. The summed E-state index contributed by atoms with van der Waals surface area (Å²) in [5.41, 5.74) is 0. The molecule has 18 atom stereocenters. The first-order chi connectivity index (χ1) is 21.1. The van der Waals surface area contributed by atoms with E-state index in [1.807, 2.05) is 0 Å². The Morgan fingerprint density at radius 3 is 1.91 bits per heavy atom. The molecule has 264 valence electrons. The average Bonchev–Trinajstić information content (AvgIpc) is 2.97. The molecule has 10 N–H and O–H groups in total. The van der Waals surface area contributed by atoms with Gasteiger partial charge in [-0.25, -0.2) is 4.18 Å². The Kier molecular flexibility index (Phi) is 12.5. The number of methoxy groups -OCH3 is 1. The van der Waals surface area contributed by atoms with Crippen LogP contribution in [0.4, 0.5) is 0 Å². The highest BCUT2D eigenvalue weighted by Crippen LogP contribution is 2.33. The molecule has 0 radical (unpaired) electrons. The molecular weight excluding hydrogens is 644 g/mol. The highest BCUT2D eigenvalue weighted by molar-refractivity contribution is 7.80. The monoisotopic (exact) mass is 684 g/mol. The van der Waals surface area contributed by atoms with Gasteiger partial charge in [0.25, 0.3) is 0 Å². The predicted molar refractivity (Wildman–Crippen MR) is 136 cm³/mol. The van der Waals surface area contributed by atoms with E-state index >= 15 is 0 Å². The minimum atomic E-state index is -5.04. The molecule has 45 heavy (non-hydrogen) atoms. The molecule has 0 spiro atoms. The van der Waals surface area contributed by atoms with Crippen LogP contribution < -0.4 is 0 Å². The zero-order valence-corrected chi connectivity index (χ0v) is 24.7. The van der Waals surface area contributed by atoms with Crippen LogP contribution in [0.2, 0.25) is 0 Å². The first-order valence-corrected chi connectivity index (χ1v) is 15.2. The zero-order chi connectivity index (χ0) is 33.4. The lowest BCUT2D eigenvalue weighted by Crippen LogP contribution is -2.66. The summed E-state index contributed by atoms with van der Waals surface area (Å²) in [7, 11) is -3.81. The summed E-state index contributed by atoms with van der Waals surface area (Å²) in [4.78, 5) is 0. The molecule has 0 aromatic carbocycles. The minimum Gasteiger partial charge on any atom is -0.394 e. The average molecular weight is 685 g/mol. The lowest BCUT2D eigenvalue weighted by molar-refractivity contribution is -0.382. The van der Waals surface area contributed by atoms with Gasteiger partial charge in [-0.1, -0.05) is 0 Å².